The molecule has 2 N–H and O–H groups in total. The lowest BCUT2D eigenvalue weighted by Gasteiger charge is -1.98. The van der Waals surface area contributed by atoms with Crippen molar-refractivity contribution in [2.45, 2.75) is 13.3 Å². The zero-order chi connectivity index (χ0) is 8.10. The third kappa shape index (κ3) is 2.07. The predicted molar refractivity (Wildman–Crippen MR) is 41.2 cm³/mol. The summed E-state index contributed by atoms with van der Waals surface area (Å²) in [6.45, 7) is 2.70. The monoisotopic (exact) mass is 153 g/mol. The summed E-state index contributed by atoms with van der Waals surface area (Å²) < 4.78 is 0. The van der Waals surface area contributed by atoms with Gasteiger partial charge >= 0.3 is 0 Å². The molecular weight excluding hydrogens is 142 g/mol. The lowest BCUT2D eigenvalue weighted by atomic mass is 10.4. The molecular formula is C7H11N3O. The Morgan fingerprint density at radius 1 is 1.82 bits per heavy atom. The van der Waals surface area contributed by atoms with Crippen LogP contribution in [0.25, 0.3) is 0 Å². The van der Waals surface area contributed by atoms with Crippen LogP contribution in [0.15, 0.2) is 12.4 Å². The molecule has 0 aromatic carbocycles. The van der Waals surface area contributed by atoms with Crippen LogP contribution in [0, 0.1) is 0 Å². The molecule has 0 unspecified atom stereocenters. The number of carbonyl (C=O) groups excluding carboxylic acids is 1. The molecule has 0 atom stereocenters. The van der Waals surface area contributed by atoms with Crippen molar-refractivity contribution >= 4 is 5.91 Å². The first-order chi connectivity index (χ1) is 5.34. The SMILES string of the molecule is CCCNC(=O)c1ncc[nH]1. The first kappa shape index (κ1) is 7.78. The van der Waals surface area contributed by atoms with E-state index in [-0.39, 0.29) is 5.91 Å². The van der Waals surface area contributed by atoms with E-state index in [0.29, 0.717) is 12.4 Å². The van der Waals surface area contributed by atoms with E-state index in [9.17, 15) is 4.79 Å². The Morgan fingerprint density at radius 2 is 2.64 bits per heavy atom. The molecule has 0 saturated heterocycles. The van der Waals surface area contributed by atoms with Gasteiger partial charge in [0.2, 0.25) is 0 Å². The van der Waals surface area contributed by atoms with E-state index in [2.05, 4.69) is 15.3 Å². The van der Waals surface area contributed by atoms with Gasteiger partial charge in [0.25, 0.3) is 5.91 Å². The lowest BCUT2D eigenvalue weighted by molar-refractivity contribution is 0.0944. The Hall–Kier alpha value is -1.32. The van der Waals surface area contributed by atoms with E-state index >= 15 is 0 Å². The quantitative estimate of drug-likeness (QED) is 0.666. The zero-order valence-corrected chi connectivity index (χ0v) is 6.42. The van der Waals surface area contributed by atoms with Crippen molar-refractivity contribution in [2.24, 2.45) is 0 Å². The summed E-state index contributed by atoms with van der Waals surface area (Å²) in [5.74, 6) is 0.232. The van der Waals surface area contributed by atoms with Gasteiger partial charge in [-0.3, -0.25) is 4.79 Å². The second-order valence-electron chi connectivity index (χ2n) is 2.19. The van der Waals surface area contributed by atoms with E-state index in [4.69, 9.17) is 0 Å². The van der Waals surface area contributed by atoms with Crippen molar-refractivity contribution in [3.8, 4) is 0 Å². The summed E-state index contributed by atoms with van der Waals surface area (Å²) in [4.78, 5) is 17.6. The van der Waals surface area contributed by atoms with Crippen molar-refractivity contribution in [1.29, 1.82) is 0 Å². The molecule has 1 heterocycles. The maximum absolute atomic E-state index is 11.1. The summed E-state index contributed by atoms with van der Waals surface area (Å²) in [6.07, 6.45) is 4.12. The second-order valence-corrected chi connectivity index (χ2v) is 2.19. The highest BCUT2D eigenvalue weighted by Gasteiger charge is 2.04. The fourth-order valence-corrected chi connectivity index (χ4v) is 0.712. The standard InChI is InChI=1S/C7H11N3O/c1-2-3-10-7(11)6-8-4-5-9-6/h4-5H,2-3H2,1H3,(H,8,9)(H,10,11). The average molecular weight is 153 g/mol. The molecule has 11 heavy (non-hydrogen) atoms. The predicted octanol–water partition coefficient (Wildman–Crippen LogP) is 0.549. The van der Waals surface area contributed by atoms with Crippen molar-refractivity contribution in [3.05, 3.63) is 18.2 Å². The van der Waals surface area contributed by atoms with Gasteiger partial charge in [-0.15, -0.1) is 0 Å². The third-order valence-electron chi connectivity index (χ3n) is 1.25. The molecule has 4 heteroatoms. The molecule has 0 aliphatic rings. The Morgan fingerprint density at radius 3 is 3.18 bits per heavy atom. The highest BCUT2D eigenvalue weighted by atomic mass is 16.2. The van der Waals surface area contributed by atoms with Gasteiger partial charge < -0.3 is 10.3 Å². The molecule has 0 bridgehead atoms. The van der Waals surface area contributed by atoms with Crippen molar-refractivity contribution in [3.63, 3.8) is 0 Å². The smallest absolute Gasteiger partial charge is 0.287 e. The minimum Gasteiger partial charge on any atom is -0.349 e. The van der Waals surface area contributed by atoms with Crippen LogP contribution in [0.1, 0.15) is 24.0 Å². The minimum atomic E-state index is -0.142. The highest BCUT2D eigenvalue weighted by Crippen LogP contribution is 1.86. The van der Waals surface area contributed by atoms with E-state index < -0.39 is 0 Å². The molecule has 0 aliphatic heterocycles. The first-order valence-electron chi connectivity index (χ1n) is 3.62. The number of imidazole rings is 1. The number of aromatic amines is 1. The summed E-state index contributed by atoms with van der Waals surface area (Å²) >= 11 is 0. The summed E-state index contributed by atoms with van der Waals surface area (Å²) in [6, 6.07) is 0. The molecule has 1 aromatic rings. The van der Waals surface area contributed by atoms with Gasteiger partial charge in [-0.1, -0.05) is 6.92 Å². The van der Waals surface area contributed by atoms with Gasteiger partial charge in [0.15, 0.2) is 5.82 Å². The van der Waals surface area contributed by atoms with Crippen molar-refractivity contribution < 1.29 is 4.79 Å². The summed E-state index contributed by atoms with van der Waals surface area (Å²) in [7, 11) is 0. The Kier molecular flexibility index (Phi) is 2.66. The van der Waals surface area contributed by atoms with E-state index in [1.165, 1.54) is 0 Å². The average Bonchev–Trinajstić information content (AvgIpc) is 2.52. The number of H-pyrrole nitrogens is 1. The maximum atomic E-state index is 11.1. The number of nitrogens with zero attached hydrogens (tertiary/aromatic N) is 1. The number of rotatable bonds is 3. The largest absolute Gasteiger partial charge is 0.349 e. The third-order valence-corrected chi connectivity index (χ3v) is 1.25. The minimum absolute atomic E-state index is 0.142. The number of hydrogen-bond acceptors (Lipinski definition) is 2. The van der Waals surface area contributed by atoms with Gasteiger partial charge in [-0.2, -0.15) is 0 Å². The van der Waals surface area contributed by atoms with Crippen LogP contribution in [0.3, 0.4) is 0 Å². The molecule has 1 rings (SSSR count). The fraction of sp³-hybridized carbons (Fsp3) is 0.429. The van der Waals surface area contributed by atoms with Crippen LogP contribution in [0.5, 0.6) is 0 Å². The molecule has 0 aliphatic carbocycles. The summed E-state index contributed by atoms with van der Waals surface area (Å²) in [5.41, 5.74) is 0. The van der Waals surface area contributed by atoms with Crippen molar-refractivity contribution in [2.75, 3.05) is 6.54 Å². The number of hydrogen-bond donors (Lipinski definition) is 2. The number of aromatic nitrogens is 2. The topological polar surface area (TPSA) is 57.8 Å². The van der Waals surface area contributed by atoms with E-state index in [1.807, 2.05) is 6.92 Å². The normalized spacial score (nSPS) is 9.55. The number of amides is 1. The van der Waals surface area contributed by atoms with Gasteiger partial charge in [0.1, 0.15) is 0 Å². The number of carbonyl (C=O) groups is 1. The Labute approximate surface area is 65.0 Å². The molecule has 0 spiro atoms. The van der Waals surface area contributed by atoms with Gasteiger partial charge in [0.05, 0.1) is 0 Å². The van der Waals surface area contributed by atoms with E-state index in [1.54, 1.807) is 12.4 Å². The molecule has 0 fully saturated rings. The fourth-order valence-electron chi connectivity index (χ4n) is 0.712. The van der Waals surface area contributed by atoms with Crippen LogP contribution in [-0.4, -0.2) is 22.4 Å². The Bertz CT molecular complexity index is 218. The number of nitrogens with one attached hydrogen (secondary N) is 2. The molecule has 0 radical (unpaired) electrons. The highest BCUT2D eigenvalue weighted by molar-refractivity contribution is 5.90. The van der Waals surface area contributed by atoms with Crippen LogP contribution in [0.4, 0.5) is 0 Å². The Balaban J connectivity index is 2.43. The molecule has 1 amide bonds. The molecule has 4 nitrogen and oxygen atoms in total. The first-order valence-corrected chi connectivity index (χ1v) is 3.62. The summed E-state index contributed by atoms with van der Waals surface area (Å²) in [5, 5.41) is 2.70. The van der Waals surface area contributed by atoms with Crippen LogP contribution in [-0.2, 0) is 0 Å². The van der Waals surface area contributed by atoms with E-state index in [0.717, 1.165) is 6.42 Å². The molecule has 1 aromatic heterocycles. The zero-order valence-electron chi connectivity index (χ0n) is 6.42. The maximum Gasteiger partial charge on any atom is 0.287 e. The van der Waals surface area contributed by atoms with Crippen LogP contribution < -0.4 is 5.32 Å². The van der Waals surface area contributed by atoms with Crippen LogP contribution in [0.2, 0.25) is 0 Å². The van der Waals surface area contributed by atoms with Gasteiger partial charge in [-0.25, -0.2) is 4.98 Å². The van der Waals surface area contributed by atoms with Crippen LogP contribution >= 0.6 is 0 Å². The van der Waals surface area contributed by atoms with Crippen molar-refractivity contribution in [1.82, 2.24) is 15.3 Å². The van der Waals surface area contributed by atoms with Gasteiger partial charge in [0, 0.05) is 18.9 Å². The second kappa shape index (κ2) is 3.75. The lowest BCUT2D eigenvalue weighted by Crippen LogP contribution is -2.24. The molecule has 60 valence electrons. The molecule has 0 saturated carbocycles. The van der Waals surface area contributed by atoms with Gasteiger partial charge in [-0.05, 0) is 6.42 Å².